The second kappa shape index (κ2) is 73.6. The Kier molecular flexibility index (Phi) is 72.0. The van der Waals surface area contributed by atoms with E-state index in [2.05, 4.69) is 218 Å². The zero-order chi connectivity index (χ0) is 89.2. The van der Waals surface area contributed by atoms with Crippen LogP contribution in [0.4, 0.5) is 0 Å². The van der Waals surface area contributed by atoms with E-state index in [0.717, 1.165) is 142 Å². The first-order valence-electron chi connectivity index (χ1n) is 48.5. The van der Waals surface area contributed by atoms with Gasteiger partial charge in [0.2, 0.25) is 0 Å². The van der Waals surface area contributed by atoms with E-state index in [1.807, 2.05) is 33.8 Å². The van der Waals surface area contributed by atoms with Crippen molar-refractivity contribution in [2.75, 3.05) is 184 Å². The highest BCUT2D eigenvalue weighted by molar-refractivity contribution is 5.69. The van der Waals surface area contributed by atoms with Gasteiger partial charge in [0.25, 0.3) is 0 Å². The Hall–Kier alpha value is -2.48. The smallest absolute Gasteiger partial charge is 0.306 e. The number of rotatable bonds is 43. The fraction of sp³-hybridized carbons (Fsp3) is 0.919. The van der Waals surface area contributed by atoms with Crippen LogP contribution in [0.2, 0.25) is 0 Å². The van der Waals surface area contributed by atoms with E-state index in [9.17, 15) is 9.59 Å². The number of likely N-dealkylation sites (N-methyl/N-ethyl adjacent to an activating group) is 1. The molecule has 20 nitrogen and oxygen atoms in total. The molecule has 4 atom stereocenters. The summed E-state index contributed by atoms with van der Waals surface area (Å²) in [6, 6.07) is 10.5. The minimum Gasteiger partial charge on any atom is -0.463 e. The average Bonchev–Trinajstić information content (AvgIpc) is 0.764. The van der Waals surface area contributed by atoms with Gasteiger partial charge < -0.3 is 76.6 Å². The third kappa shape index (κ3) is 73.3. The zero-order valence-electron chi connectivity index (χ0n) is 83.0. The molecule has 7 fully saturated rings. The Balaban J connectivity index is 0.00000132. The van der Waals surface area contributed by atoms with E-state index in [0.29, 0.717) is 85.4 Å². The monoisotopic (exact) mass is 1690 g/mol. The molecule has 6 saturated heterocycles. The number of hydrogen-bond acceptors (Lipinski definition) is 20. The van der Waals surface area contributed by atoms with Crippen LogP contribution in [0.5, 0.6) is 0 Å². The minimum atomic E-state index is -0.0724. The van der Waals surface area contributed by atoms with E-state index in [4.69, 9.17) is 52.1 Å². The Morgan fingerprint density at radius 1 is 0.361 bits per heavy atom. The van der Waals surface area contributed by atoms with Crippen LogP contribution in [-0.2, 0) is 68.1 Å². The molecule has 1 aromatic rings. The molecule has 2 unspecified atom stereocenters. The highest BCUT2D eigenvalue weighted by Crippen LogP contribution is 2.48. The Bertz CT molecular complexity index is 2320. The van der Waals surface area contributed by atoms with Crippen LogP contribution >= 0.6 is 0 Å². The van der Waals surface area contributed by atoms with Crippen molar-refractivity contribution in [1.82, 2.24) is 34.3 Å². The summed E-state index contributed by atoms with van der Waals surface area (Å²) in [5, 5.41) is 0. The lowest BCUT2D eigenvalue weighted by molar-refractivity contribution is -0.148. The van der Waals surface area contributed by atoms with Gasteiger partial charge in [-0.2, -0.15) is 0 Å². The maximum atomic E-state index is 11.3. The lowest BCUT2D eigenvalue weighted by Gasteiger charge is -2.56. The number of benzene rings is 1. The standard InChI is InChI=1S/C13H27NO.2C12H25NO2.C12H23NO2.C12H23NO.C12H18O.C11H24N2O.C8H16O2.C7H16O/c1-12(2)15-10-6-9-14-8-5-7-13(3,4)11-14;2*1-10(2)14-7-5-6-13-8-11(3)15-12(4)9-13;1-11(2)15-12(14)7-6-10-13-8-4-3-5-9-13;1-11(2)14-8-4-7-13-9-12(10-13)5-3-6-12;1-11(2)13-10-6-9-12-7-4-3-5-8-12;1-11(2)14-10-4-5-13-8-6-12(3)7-9-13;1-4-5-6-8(9)10-7(2)3;1-4-5-6-8-7(2)3/h12H,5-11H2,1-4H3;2*10-12H,5-9H2,1-4H3;11H,3-10H2,1-2H3;11H,3-10H2,1-2H3;3-5,7-8,11H,6,9-10H2,1-2H3;11H,4-10H2,1-3H3;7H,4-6H2,1-3H3;7H,4-6H2,1-3H3/t;11-,12+;;;;;;;. The molecule has 0 aromatic heterocycles. The number of likely N-dealkylation sites (tertiary alicyclic amines) is 3. The number of aryl methyl sites for hydroxylation is 1. The quantitative estimate of drug-likeness (QED) is 0.0448. The molecule has 20 heteroatoms. The molecule has 6 heterocycles. The van der Waals surface area contributed by atoms with Crippen molar-refractivity contribution in [3.05, 3.63) is 35.9 Å². The molecule has 0 N–H and O–H groups in total. The van der Waals surface area contributed by atoms with E-state index >= 15 is 0 Å². The molecule has 1 aromatic carbocycles. The molecule has 706 valence electrons. The van der Waals surface area contributed by atoms with Crippen LogP contribution in [0.15, 0.2) is 30.3 Å². The summed E-state index contributed by atoms with van der Waals surface area (Å²) in [7, 11) is 2.19. The number of carbonyl (C=O) groups is 2. The zero-order valence-corrected chi connectivity index (χ0v) is 83.0. The minimum absolute atomic E-state index is 0.0208. The summed E-state index contributed by atoms with van der Waals surface area (Å²) in [6.45, 7) is 84.3. The van der Waals surface area contributed by atoms with Crippen molar-refractivity contribution in [3.8, 4) is 0 Å². The number of ether oxygens (including phenoxy) is 11. The predicted octanol–water partition coefficient (Wildman–Crippen LogP) is 19.7. The summed E-state index contributed by atoms with van der Waals surface area (Å²) in [5.74, 6) is -0.126. The fourth-order valence-corrected chi connectivity index (χ4v) is 15.1. The summed E-state index contributed by atoms with van der Waals surface area (Å²) < 4.78 is 59.8. The van der Waals surface area contributed by atoms with Gasteiger partial charge in [-0.25, -0.2) is 0 Å². The molecule has 7 aliphatic rings. The largest absolute Gasteiger partial charge is 0.463 e. The second-order valence-electron chi connectivity index (χ2n) is 38.1. The molecule has 8 rings (SSSR count). The maximum absolute atomic E-state index is 11.3. The van der Waals surface area contributed by atoms with Crippen LogP contribution in [-0.4, -0.2) is 310 Å². The van der Waals surface area contributed by atoms with Crippen molar-refractivity contribution in [2.24, 2.45) is 10.8 Å². The number of hydrogen-bond donors (Lipinski definition) is 0. The molecule has 1 spiro atoms. The SMILES string of the molecule is CC(C)OC(=O)CCCN1CCCCC1.CC(C)OCCCN1CC(C)OC(C)C1.CC(C)OCCCN1CC2(CCC2)C1.CC(C)OCCCN1CCCC(C)(C)C1.CC(C)OCCCN1CCN(C)CC1.CC(C)OCCCN1C[C@@H](C)O[C@@H](C)C1.CC(C)OCCCc1ccccc1.CCCCC(=O)OC(C)C.CCCCOC(C)C. The first-order chi connectivity index (χ1) is 56.4. The first-order valence-corrected chi connectivity index (χ1v) is 48.5. The highest BCUT2D eigenvalue weighted by Gasteiger charge is 2.46. The van der Waals surface area contributed by atoms with Crippen molar-refractivity contribution >= 4 is 11.9 Å². The maximum Gasteiger partial charge on any atom is 0.306 e. The van der Waals surface area contributed by atoms with E-state index < -0.39 is 0 Å². The number of carbonyl (C=O) groups excluding carboxylic acids is 2. The fourth-order valence-electron chi connectivity index (χ4n) is 15.1. The normalized spacial score (nSPS) is 20.4. The summed E-state index contributed by atoms with van der Waals surface area (Å²) in [6.07, 6.45) is 29.9. The van der Waals surface area contributed by atoms with Crippen LogP contribution in [0, 0.1) is 10.8 Å². The molecule has 0 bridgehead atoms. The average molecular weight is 1690 g/mol. The second-order valence-corrected chi connectivity index (χ2v) is 38.1. The summed E-state index contributed by atoms with van der Waals surface area (Å²) >= 11 is 0. The number of nitrogens with zero attached hydrogens (tertiary/aromatic N) is 7. The molecule has 1 saturated carbocycles. The molecule has 0 amide bonds. The van der Waals surface area contributed by atoms with Gasteiger partial charge >= 0.3 is 11.9 Å². The lowest BCUT2D eigenvalue weighted by Crippen LogP contribution is -2.59. The lowest BCUT2D eigenvalue weighted by atomic mass is 9.63. The Labute approximate surface area is 735 Å². The van der Waals surface area contributed by atoms with Gasteiger partial charge in [-0.3, -0.25) is 19.4 Å². The van der Waals surface area contributed by atoms with E-state index in [1.54, 1.807) is 0 Å². The van der Waals surface area contributed by atoms with Gasteiger partial charge in [0.05, 0.1) is 79.4 Å². The van der Waals surface area contributed by atoms with Crippen molar-refractivity contribution < 1.29 is 61.7 Å². The first kappa shape index (κ1) is 117. The van der Waals surface area contributed by atoms with Crippen molar-refractivity contribution in [2.45, 2.75) is 401 Å². The van der Waals surface area contributed by atoms with Gasteiger partial charge in [-0.05, 0) is 305 Å². The van der Waals surface area contributed by atoms with Crippen LogP contribution < -0.4 is 0 Å². The van der Waals surface area contributed by atoms with Gasteiger partial charge in [-0.1, -0.05) is 83.7 Å². The predicted molar refractivity (Wildman–Crippen MR) is 501 cm³/mol. The molecular formula is C99H197N7O13. The van der Waals surface area contributed by atoms with Crippen molar-refractivity contribution in [3.63, 3.8) is 0 Å². The van der Waals surface area contributed by atoms with Crippen molar-refractivity contribution in [1.29, 1.82) is 0 Å². The summed E-state index contributed by atoms with van der Waals surface area (Å²) in [5.41, 5.74) is 2.71. The van der Waals surface area contributed by atoms with Gasteiger partial charge in [0.1, 0.15) is 0 Å². The molecule has 119 heavy (non-hydrogen) atoms. The third-order valence-corrected chi connectivity index (χ3v) is 21.1. The van der Waals surface area contributed by atoms with E-state index in [-0.39, 0.29) is 24.1 Å². The topological polar surface area (TPSA) is 158 Å². The number of esters is 2. The number of unbranched alkanes of at least 4 members (excludes halogenated alkanes) is 2. The third-order valence-electron chi connectivity index (χ3n) is 21.1. The number of morpholine rings is 2. The Morgan fingerprint density at radius 2 is 0.697 bits per heavy atom. The Morgan fingerprint density at radius 3 is 1.06 bits per heavy atom. The van der Waals surface area contributed by atoms with Crippen LogP contribution in [0.25, 0.3) is 0 Å². The van der Waals surface area contributed by atoms with Gasteiger partial charge in [0.15, 0.2) is 0 Å². The molecular weight excluding hydrogens is 1500 g/mol. The van der Waals surface area contributed by atoms with Gasteiger partial charge in [-0.15, -0.1) is 0 Å². The molecule has 1 aliphatic carbocycles. The van der Waals surface area contributed by atoms with Gasteiger partial charge in [0, 0.05) is 164 Å². The summed E-state index contributed by atoms with van der Waals surface area (Å²) in [4.78, 5) is 39.5. The molecule has 6 aliphatic heterocycles. The van der Waals surface area contributed by atoms with Crippen LogP contribution in [0.3, 0.4) is 0 Å². The van der Waals surface area contributed by atoms with E-state index in [1.165, 1.54) is 174 Å². The molecule has 0 radical (unpaired) electrons. The van der Waals surface area contributed by atoms with Crippen LogP contribution in [0.1, 0.15) is 320 Å². The number of piperidine rings is 2. The highest BCUT2D eigenvalue weighted by atomic mass is 16.5. The number of piperazine rings is 1.